The van der Waals surface area contributed by atoms with Gasteiger partial charge in [0, 0.05) is 37.4 Å². The highest BCUT2D eigenvalue weighted by Gasteiger charge is 2.39. The Morgan fingerprint density at radius 2 is 1.66 bits per heavy atom. The number of nitrogens with one attached hydrogen (secondary N) is 1. The molecule has 1 saturated heterocycles. The number of alkyl carbamates (subject to hydrolysis) is 1. The molecule has 2 aromatic carbocycles. The zero-order valence-electron chi connectivity index (χ0n) is 20.0. The van der Waals surface area contributed by atoms with Gasteiger partial charge in [-0.25, -0.2) is 4.79 Å². The van der Waals surface area contributed by atoms with Gasteiger partial charge in [-0.1, -0.05) is 61.9 Å². The van der Waals surface area contributed by atoms with Crippen molar-refractivity contribution in [3.8, 4) is 11.1 Å². The average Bonchev–Trinajstić information content (AvgIpc) is 3.38. The van der Waals surface area contributed by atoms with E-state index in [0.717, 1.165) is 19.3 Å². The minimum atomic E-state index is -0.815. The van der Waals surface area contributed by atoms with Crippen molar-refractivity contribution in [2.75, 3.05) is 19.7 Å². The molecular weight excluding hydrogens is 444 g/mol. The van der Waals surface area contributed by atoms with Crippen molar-refractivity contribution < 1.29 is 24.2 Å². The van der Waals surface area contributed by atoms with Crippen LogP contribution in [0, 0.1) is 17.8 Å². The third kappa shape index (κ3) is 4.64. The molecule has 1 unspecified atom stereocenters. The van der Waals surface area contributed by atoms with Crippen LogP contribution >= 0.6 is 0 Å². The number of ether oxygens (including phenoxy) is 1. The fraction of sp³-hybridized carbons (Fsp3) is 0.464. The Morgan fingerprint density at radius 3 is 2.29 bits per heavy atom. The first-order valence-corrected chi connectivity index (χ1v) is 12.5. The molecule has 1 heterocycles. The number of carboxylic acid groups (broad SMARTS) is 1. The van der Waals surface area contributed by atoms with Crippen molar-refractivity contribution in [2.45, 2.75) is 44.6 Å². The second-order valence-corrected chi connectivity index (χ2v) is 10.2. The van der Waals surface area contributed by atoms with Gasteiger partial charge >= 0.3 is 12.1 Å². The maximum Gasteiger partial charge on any atom is 0.407 e. The molecule has 2 N–H and O–H groups in total. The molecule has 0 aromatic heterocycles. The number of fused-ring (bicyclic) bond motifs is 3. The molecule has 7 heteroatoms. The molecule has 3 atom stereocenters. The van der Waals surface area contributed by atoms with Gasteiger partial charge in [-0.2, -0.15) is 0 Å². The number of carboxylic acids is 1. The fourth-order valence-electron chi connectivity index (χ4n) is 5.85. The predicted octanol–water partition coefficient (Wildman–Crippen LogP) is 4.26. The molecule has 2 fully saturated rings. The van der Waals surface area contributed by atoms with Crippen LogP contribution in [-0.4, -0.2) is 53.7 Å². The van der Waals surface area contributed by atoms with E-state index in [1.165, 1.54) is 22.3 Å². The first kappa shape index (κ1) is 23.4. The molecule has 2 aromatic rings. The first-order chi connectivity index (χ1) is 16.9. The van der Waals surface area contributed by atoms with E-state index in [4.69, 9.17) is 9.84 Å². The number of aliphatic carboxylic acids is 1. The van der Waals surface area contributed by atoms with Crippen molar-refractivity contribution >= 4 is 18.0 Å². The van der Waals surface area contributed by atoms with E-state index in [1.54, 1.807) is 11.8 Å². The monoisotopic (exact) mass is 476 g/mol. The summed E-state index contributed by atoms with van der Waals surface area (Å²) in [5.41, 5.74) is 4.74. The minimum Gasteiger partial charge on any atom is -0.481 e. The molecule has 2 aliphatic carbocycles. The number of amides is 2. The Kier molecular flexibility index (Phi) is 6.50. The second-order valence-electron chi connectivity index (χ2n) is 10.2. The summed E-state index contributed by atoms with van der Waals surface area (Å²) < 4.78 is 5.70. The molecule has 0 bridgehead atoms. The van der Waals surface area contributed by atoms with Gasteiger partial charge in [0.05, 0.1) is 5.92 Å². The van der Waals surface area contributed by atoms with Gasteiger partial charge in [-0.3, -0.25) is 9.59 Å². The second kappa shape index (κ2) is 9.72. The van der Waals surface area contributed by atoms with E-state index in [0.29, 0.717) is 19.5 Å². The molecule has 35 heavy (non-hydrogen) atoms. The molecular formula is C28H32N2O5. The van der Waals surface area contributed by atoms with Gasteiger partial charge < -0.3 is 20.1 Å². The lowest BCUT2D eigenvalue weighted by Crippen LogP contribution is -2.54. The number of hydrogen-bond donors (Lipinski definition) is 2. The minimum absolute atomic E-state index is 0.0154. The topological polar surface area (TPSA) is 95.9 Å². The molecule has 1 aliphatic heterocycles. The highest BCUT2D eigenvalue weighted by atomic mass is 16.5. The Labute approximate surface area is 205 Å². The van der Waals surface area contributed by atoms with Gasteiger partial charge in [0.15, 0.2) is 0 Å². The van der Waals surface area contributed by atoms with Crippen molar-refractivity contribution in [1.29, 1.82) is 0 Å². The van der Waals surface area contributed by atoms with Crippen molar-refractivity contribution in [1.82, 2.24) is 10.2 Å². The van der Waals surface area contributed by atoms with Gasteiger partial charge in [-0.05, 0) is 41.0 Å². The van der Waals surface area contributed by atoms with Crippen molar-refractivity contribution in [2.24, 2.45) is 17.8 Å². The zero-order chi connectivity index (χ0) is 24.5. The number of nitrogens with zero attached hydrogens (tertiary/aromatic N) is 1. The van der Waals surface area contributed by atoms with Crippen LogP contribution in [0.1, 0.15) is 49.7 Å². The number of rotatable bonds is 7. The molecule has 1 saturated carbocycles. The largest absolute Gasteiger partial charge is 0.481 e. The molecule has 3 aliphatic rings. The van der Waals surface area contributed by atoms with Gasteiger partial charge in [0.1, 0.15) is 6.61 Å². The van der Waals surface area contributed by atoms with Crippen LogP contribution in [0.3, 0.4) is 0 Å². The Balaban J connectivity index is 1.13. The van der Waals surface area contributed by atoms with Crippen LogP contribution in [-0.2, 0) is 14.3 Å². The number of benzene rings is 2. The standard InChI is InChI=1S/C28H32N2O5/c1-17(27(32)33)19-14-30(15-19)26(31)13-18-7-6-12-25(18)29-28(34)35-16-24-22-10-4-2-8-20(22)21-9-3-5-11-23(21)24/h2-5,8-11,17-19,24-25H,6-7,12-16H2,1H3,(H,29,34)(H,32,33)/t17?,18-,25+/m0/s1. The van der Waals surface area contributed by atoms with Crippen LogP contribution < -0.4 is 5.32 Å². The highest BCUT2D eigenvalue weighted by Crippen LogP contribution is 2.44. The Hall–Kier alpha value is -3.35. The normalized spacial score (nSPS) is 22.1. The predicted molar refractivity (Wildman–Crippen MR) is 131 cm³/mol. The smallest absolute Gasteiger partial charge is 0.407 e. The third-order valence-electron chi connectivity index (χ3n) is 8.10. The van der Waals surface area contributed by atoms with E-state index in [1.807, 2.05) is 24.3 Å². The summed E-state index contributed by atoms with van der Waals surface area (Å²) in [7, 11) is 0. The van der Waals surface area contributed by atoms with Crippen LogP contribution in [0.4, 0.5) is 4.79 Å². The number of hydrogen-bond acceptors (Lipinski definition) is 4. The molecule has 0 radical (unpaired) electrons. The number of carbonyl (C=O) groups excluding carboxylic acids is 2. The van der Waals surface area contributed by atoms with E-state index < -0.39 is 18.0 Å². The lowest BCUT2D eigenvalue weighted by molar-refractivity contribution is -0.151. The summed E-state index contributed by atoms with van der Waals surface area (Å²) >= 11 is 0. The maximum absolute atomic E-state index is 12.7. The summed E-state index contributed by atoms with van der Waals surface area (Å²) in [4.78, 5) is 38.3. The summed E-state index contributed by atoms with van der Waals surface area (Å²) in [6, 6.07) is 16.4. The highest BCUT2D eigenvalue weighted by molar-refractivity contribution is 5.79. The van der Waals surface area contributed by atoms with Crippen LogP contribution in [0.2, 0.25) is 0 Å². The summed E-state index contributed by atoms with van der Waals surface area (Å²) in [6.07, 6.45) is 2.63. The SMILES string of the molecule is CC(C(=O)O)C1CN(C(=O)C[C@@H]2CCC[C@H]2NC(=O)OCC2c3ccccc3-c3ccccc32)C1. The van der Waals surface area contributed by atoms with Crippen LogP contribution in [0.15, 0.2) is 48.5 Å². The Bertz CT molecular complexity index is 1080. The summed E-state index contributed by atoms with van der Waals surface area (Å²) in [6.45, 7) is 2.97. The third-order valence-corrected chi connectivity index (χ3v) is 8.10. The van der Waals surface area contributed by atoms with E-state index in [9.17, 15) is 14.4 Å². The van der Waals surface area contributed by atoms with Crippen LogP contribution in [0.25, 0.3) is 11.1 Å². The van der Waals surface area contributed by atoms with E-state index in [2.05, 4.69) is 29.6 Å². The lowest BCUT2D eigenvalue weighted by atomic mass is 9.86. The van der Waals surface area contributed by atoms with Crippen molar-refractivity contribution in [3.63, 3.8) is 0 Å². The van der Waals surface area contributed by atoms with E-state index >= 15 is 0 Å². The van der Waals surface area contributed by atoms with Gasteiger partial charge in [0.25, 0.3) is 0 Å². The lowest BCUT2D eigenvalue weighted by Gasteiger charge is -2.42. The summed E-state index contributed by atoms with van der Waals surface area (Å²) in [5, 5.41) is 12.2. The molecule has 0 spiro atoms. The molecule has 184 valence electrons. The molecule has 7 nitrogen and oxygen atoms in total. The first-order valence-electron chi connectivity index (χ1n) is 12.5. The zero-order valence-corrected chi connectivity index (χ0v) is 20.0. The van der Waals surface area contributed by atoms with E-state index in [-0.39, 0.29) is 36.3 Å². The van der Waals surface area contributed by atoms with Crippen molar-refractivity contribution in [3.05, 3.63) is 59.7 Å². The molecule has 5 rings (SSSR count). The number of carbonyl (C=O) groups is 3. The quantitative estimate of drug-likeness (QED) is 0.622. The van der Waals surface area contributed by atoms with Crippen LogP contribution in [0.5, 0.6) is 0 Å². The Morgan fingerprint density at radius 1 is 1.03 bits per heavy atom. The van der Waals surface area contributed by atoms with Gasteiger partial charge in [0.2, 0.25) is 5.91 Å². The fourth-order valence-corrected chi connectivity index (χ4v) is 5.85. The molecule has 2 amide bonds. The number of likely N-dealkylation sites (tertiary alicyclic amines) is 1. The summed E-state index contributed by atoms with van der Waals surface area (Å²) in [5.74, 6) is -1.08. The van der Waals surface area contributed by atoms with Gasteiger partial charge in [-0.15, -0.1) is 0 Å². The maximum atomic E-state index is 12.7. The average molecular weight is 477 g/mol.